The molecule has 26 heavy (non-hydrogen) atoms. The third kappa shape index (κ3) is 5.23. The summed E-state index contributed by atoms with van der Waals surface area (Å²) in [5.74, 6) is 5.75. The van der Waals surface area contributed by atoms with Crippen molar-refractivity contribution in [1.29, 1.82) is 0 Å². The van der Waals surface area contributed by atoms with Crippen LogP contribution in [0.2, 0.25) is 0 Å². The van der Waals surface area contributed by atoms with Gasteiger partial charge in [-0.25, -0.2) is 9.78 Å². The zero-order valence-corrected chi connectivity index (χ0v) is 16.6. The molecule has 2 heterocycles. The number of rotatable bonds is 2. The highest BCUT2D eigenvalue weighted by Crippen LogP contribution is 2.36. The van der Waals surface area contributed by atoms with Crippen LogP contribution in [0.1, 0.15) is 54.2 Å². The topological polar surface area (TPSA) is 69.7 Å². The van der Waals surface area contributed by atoms with Gasteiger partial charge in [-0.1, -0.05) is 12.0 Å². The molecule has 1 amide bonds. The minimum Gasteiger partial charge on any atom is -0.444 e. The van der Waals surface area contributed by atoms with E-state index in [1.54, 1.807) is 12.3 Å². The van der Waals surface area contributed by atoms with E-state index >= 15 is 0 Å². The second-order valence-electron chi connectivity index (χ2n) is 8.22. The first-order valence-corrected chi connectivity index (χ1v) is 8.67. The van der Waals surface area contributed by atoms with Crippen molar-refractivity contribution in [3.05, 3.63) is 24.0 Å². The quantitative estimate of drug-likeness (QED) is 0.649. The van der Waals surface area contributed by atoms with E-state index in [4.69, 9.17) is 14.0 Å². The number of amides is 1. The number of nitrogens with one attached hydrogen (secondary N) is 1. The van der Waals surface area contributed by atoms with Gasteiger partial charge < -0.3 is 19.4 Å². The summed E-state index contributed by atoms with van der Waals surface area (Å²) in [7, 11) is -0.441. The first kappa shape index (κ1) is 20.3. The SMILES string of the molecule is CC(C)(C)OC(=O)NCC#Cc1ccc(B2OC(C)(C)C(C)(C)O2)cn1. The Kier molecular flexibility index (Phi) is 5.69. The molecule has 0 bridgehead atoms. The number of ether oxygens (including phenoxy) is 1. The van der Waals surface area contributed by atoms with Crippen LogP contribution in [0.4, 0.5) is 4.79 Å². The van der Waals surface area contributed by atoms with E-state index in [-0.39, 0.29) is 17.7 Å². The molecule has 140 valence electrons. The lowest BCUT2D eigenvalue weighted by molar-refractivity contribution is 0.00578. The van der Waals surface area contributed by atoms with Crippen molar-refractivity contribution < 1.29 is 18.8 Å². The van der Waals surface area contributed by atoms with Crippen LogP contribution in [0.5, 0.6) is 0 Å². The van der Waals surface area contributed by atoms with Gasteiger partial charge in [-0.15, -0.1) is 0 Å². The van der Waals surface area contributed by atoms with Gasteiger partial charge in [0.15, 0.2) is 0 Å². The number of pyridine rings is 1. The summed E-state index contributed by atoms with van der Waals surface area (Å²) < 4.78 is 17.1. The fraction of sp³-hybridized carbons (Fsp3) is 0.579. The van der Waals surface area contributed by atoms with Crippen molar-refractivity contribution >= 4 is 18.7 Å². The van der Waals surface area contributed by atoms with Crippen molar-refractivity contribution in [1.82, 2.24) is 10.3 Å². The highest BCUT2D eigenvalue weighted by Gasteiger charge is 2.51. The number of hydrogen-bond acceptors (Lipinski definition) is 5. The monoisotopic (exact) mass is 358 g/mol. The molecule has 0 radical (unpaired) electrons. The average molecular weight is 358 g/mol. The maximum Gasteiger partial charge on any atom is 0.496 e. The number of alkyl carbamates (subject to hydrolysis) is 1. The van der Waals surface area contributed by atoms with Crippen LogP contribution >= 0.6 is 0 Å². The summed E-state index contributed by atoms with van der Waals surface area (Å²) in [5.41, 5.74) is 0.160. The molecule has 1 fully saturated rings. The summed E-state index contributed by atoms with van der Waals surface area (Å²) in [5, 5.41) is 2.58. The Morgan fingerprint density at radius 3 is 2.35 bits per heavy atom. The molecule has 0 atom stereocenters. The normalized spacial score (nSPS) is 18.0. The zero-order chi connectivity index (χ0) is 19.6. The average Bonchev–Trinajstić information content (AvgIpc) is 2.71. The Hall–Kier alpha value is -2.04. The molecule has 7 heteroatoms. The smallest absolute Gasteiger partial charge is 0.444 e. The molecular weight excluding hydrogens is 331 g/mol. The molecule has 0 saturated carbocycles. The lowest BCUT2D eigenvalue weighted by Gasteiger charge is -2.32. The highest BCUT2D eigenvalue weighted by atomic mass is 16.7. The summed E-state index contributed by atoms with van der Waals surface area (Å²) in [4.78, 5) is 15.8. The lowest BCUT2D eigenvalue weighted by Crippen LogP contribution is -2.41. The van der Waals surface area contributed by atoms with Crippen LogP contribution in [-0.2, 0) is 14.0 Å². The largest absolute Gasteiger partial charge is 0.496 e. The van der Waals surface area contributed by atoms with Gasteiger partial charge in [-0.05, 0) is 60.5 Å². The first-order valence-electron chi connectivity index (χ1n) is 8.67. The van der Waals surface area contributed by atoms with Crippen LogP contribution in [0.15, 0.2) is 18.3 Å². The van der Waals surface area contributed by atoms with Crippen LogP contribution in [0.25, 0.3) is 0 Å². The molecule has 0 spiro atoms. The summed E-state index contributed by atoms with van der Waals surface area (Å²) in [6, 6.07) is 3.70. The fourth-order valence-electron chi connectivity index (χ4n) is 2.16. The van der Waals surface area contributed by atoms with Crippen molar-refractivity contribution in [3.8, 4) is 11.8 Å². The van der Waals surface area contributed by atoms with E-state index in [9.17, 15) is 4.79 Å². The molecule has 2 rings (SSSR count). The summed E-state index contributed by atoms with van der Waals surface area (Å²) >= 11 is 0. The summed E-state index contributed by atoms with van der Waals surface area (Å²) in [6.07, 6.45) is 1.21. The van der Waals surface area contributed by atoms with Gasteiger partial charge in [0.2, 0.25) is 0 Å². The molecule has 0 aliphatic carbocycles. The number of nitrogens with zero attached hydrogens (tertiary/aromatic N) is 1. The molecule has 0 unspecified atom stereocenters. The Labute approximate surface area is 156 Å². The second-order valence-corrected chi connectivity index (χ2v) is 8.22. The molecule has 6 nitrogen and oxygen atoms in total. The lowest BCUT2D eigenvalue weighted by atomic mass is 9.80. The van der Waals surface area contributed by atoms with Crippen molar-refractivity contribution in [2.75, 3.05) is 6.54 Å². The number of carbonyl (C=O) groups excluding carboxylic acids is 1. The molecular formula is C19H27BN2O4. The van der Waals surface area contributed by atoms with Crippen molar-refractivity contribution in [2.24, 2.45) is 0 Å². The zero-order valence-electron chi connectivity index (χ0n) is 16.6. The molecule has 1 aliphatic rings. The van der Waals surface area contributed by atoms with Gasteiger partial charge in [0.05, 0.1) is 17.7 Å². The predicted molar refractivity (Wildman–Crippen MR) is 101 cm³/mol. The van der Waals surface area contributed by atoms with Gasteiger partial charge >= 0.3 is 13.2 Å². The maximum absolute atomic E-state index is 11.5. The van der Waals surface area contributed by atoms with E-state index in [0.29, 0.717) is 5.69 Å². The van der Waals surface area contributed by atoms with E-state index in [1.165, 1.54) is 0 Å². The van der Waals surface area contributed by atoms with E-state index in [0.717, 1.165) is 5.46 Å². The van der Waals surface area contributed by atoms with E-state index in [1.807, 2.05) is 54.5 Å². The van der Waals surface area contributed by atoms with Gasteiger partial charge in [0, 0.05) is 11.7 Å². The third-order valence-corrected chi connectivity index (χ3v) is 4.25. The highest BCUT2D eigenvalue weighted by molar-refractivity contribution is 6.62. The van der Waals surface area contributed by atoms with E-state index in [2.05, 4.69) is 22.1 Å². The van der Waals surface area contributed by atoms with Crippen LogP contribution < -0.4 is 10.8 Å². The third-order valence-electron chi connectivity index (χ3n) is 4.25. The van der Waals surface area contributed by atoms with Crippen molar-refractivity contribution in [2.45, 2.75) is 65.3 Å². The van der Waals surface area contributed by atoms with Crippen molar-refractivity contribution in [3.63, 3.8) is 0 Å². The predicted octanol–water partition coefficient (Wildman–Crippen LogP) is 2.26. The van der Waals surface area contributed by atoms with E-state index < -0.39 is 18.8 Å². The Bertz CT molecular complexity index is 696. The standard InChI is InChI=1S/C19H27BN2O4/c1-17(2,3)24-16(23)21-12-8-9-15-11-10-14(13-22-15)20-25-18(4,5)19(6,7)26-20/h10-11,13H,12H2,1-7H3,(H,21,23). The van der Waals surface area contributed by atoms with Crippen LogP contribution in [-0.4, -0.2) is 41.5 Å². The van der Waals surface area contributed by atoms with Gasteiger partial charge in [0.25, 0.3) is 0 Å². The van der Waals surface area contributed by atoms with Gasteiger partial charge in [-0.3, -0.25) is 0 Å². The molecule has 1 aromatic rings. The molecule has 1 N–H and O–H groups in total. The fourth-order valence-corrected chi connectivity index (χ4v) is 2.16. The van der Waals surface area contributed by atoms with Crippen LogP contribution in [0, 0.1) is 11.8 Å². The second kappa shape index (κ2) is 7.30. The minimum atomic E-state index is -0.525. The maximum atomic E-state index is 11.5. The molecule has 0 aromatic carbocycles. The number of hydrogen-bond donors (Lipinski definition) is 1. The molecule has 1 saturated heterocycles. The number of carbonyl (C=O) groups is 1. The Balaban J connectivity index is 1.90. The molecule has 1 aromatic heterocycles. The minimum absolute atomic E-state index is 0.190. The number of aromatic nitrogens is 1. The first-order chi connectivity index (χ1) is 11.9. The molecule has 1 aliphatic heterocycles. The van der Waals surface area contributed by atoms with Crippen LogP contribution in [0.3, 0.4) is 0 Å². The Morgan fingerprint density at radius 2 is 1.85 bits per heavy atom. The Morgan fingerprint density at radius 1 is 1.23 bits per heavy atom. The summed E-state index contributed by atoms with van der Waals surface area (Å²) in [6.45, 7) is 13.7. The van der Waals surface area contributed by atoms with Gasteiger partial charge in [0.1, 0.15) is 11.3 Å². The van der Waals surface area contributed by atoms with Gasteiger partial charge in [-0.2, -0.15) is 0 Å².